The Morgan fingerprint density at radius 2 is 1.81 bits per heavy atom. The highest BCUT2D eigenvalue weighted by Crippen LogP contribution is 2.30. The second-order valence-corrected chi connectivity index (χ2v) is 6.92. The van der Waals surface area contributed by atoms with Gasteiger partial charge in [0.15, 0.2) is 0 Å². The number of nitrogens with zero attached hydrogens (tertiary/aromatic N) is 3. The van der Waals surface area contributed by atoms with Crippen LogP contribution in [0.3, 0.4) is 0 Å². The molecule has 1 aliphatic heterocycles. The number of piperidine rings is 1. The molecular formula is C21H22N4O. The fourth-order valence-electron chi connectivity index (χ4n) is 3.55. The minimum atomic E-state index is -0.204. The van der Waals surface area contributed by atoms with E-state index in [-0.39, 0.29) is 11.8 Å². The summed E-state index contributed by atoms with van der Waals surface area (Å²) in [5.41, 5.74) is 9.61. The summed E-state index contributed by atoms with van der Waals surface area (Å²) in [6.07, 6.45) is 1.51. The van der Waals surface area contributed by atoms with Gasteiger partial charge in [-0.25, -0.2) is 9.97 Å². The van der Waals surface area contributed by atoms with Crippen LogP contribution in [0.25, 0.3) is 22.2 Å². The molecule has 0 bridgehead atoms. The van der Waals surface area contributed by atoms with E-state index in [1.165, 1.54) is 5.56 Å². The molecule has 1 aliphatic rings. The highest BCUT2D eigenvalue weighted by molar-refractivity contribution is 5.93. The summed E-state index contributed by atoms with van der Waals surface area (Å²) in [7, 11) is 0. The third-order valence-corrected chi connectivity index (χ3v) is 5.07. The highest BCUT2D eigenvalue weighted by Gasteiger charge is 2.25. The number of rotatable bonds is 3. The summed E-state index contributed by atoms with van der Waals surface area (Å²) in [6.45, 7) is 3.58. The first-order valence-corrected chi connectivity index (χ1v) is 9.00. The van der Waals surface area contributed by atoms with Crippen molar-refractivity contribution >= 4 is 22.8 Å². The lowest BCUT2D eigenvalue weighted by atomic mass is 9.96. The first-order valence-electron chi connectivity index (χ1n) is 9.00. The van der Waals surface area contributed by atoms with Crippen molar-refractivity contribution < 1.29 is 4.79 Å². The molecule has 0 spiro atoms. The zero-order valence-corrected chi connectivity index (χ0v) is 14.9. The number of carbonyl (C=O) groups is 1. The first-order chi connectivity index (χ1) is 12.6. The van der Waals surface area contributed by atoms with Crippen LogP contribution in [0.5, 0.6) is 0 Å². The van der Waals surface area contributed by atoms with Crippen LogP contribution in [-0.4, -0.2) is 29.0 Å². The van der Waals surface area contributed by atoms with Crippen LogP contribution in [0.1, 0.15) is 18.4 Å². The van der Waals surface area contributed by atoms with Crippen LogP contribution >= 0.6 is 0 Å². The fourth-order valence-corrected chi connectivity index (χ4v) is 3.55. The van der Waals surface area contributed by atoms with Gasteiger partial charge in [-0.3, -0.25) is 4.79 Å². The standard InChI is InChI=1S/C21H22N4O/c1-14-7-8-18-17(13-14)19(15-5-3-2-4-6-15)24-21(23-18)25-11-9-16(10-12-25)20(22)26/h2-8,13,16H,9-12H2,1H3,(H2,22,26). The van der Waals surface area contributed by atoms with Gasteiger partial charge in [0.25, 0.3) is 0 Å². The molecule has 0 aliphatic carbocycles. The predicted molar refractivity (Wildman–Crippen MR) is 104 cm³/mol. The number of primary amides is 1. The zero-order valence-electron chi connectivity index (χ0n) is 14.9. The number of anilines is 1. The number of benzene rings is 2. The van der Waals surface area contributed by atoms with E-state index in [1.54, 1.807) is 0 Å². The summed E-state index contributed by atoms with van der Waals surface area (Å²) >= 11 is 0. The fraction of sp³-hybridized carbons (Fsp3) is 0.286. The monoisotopic (exact) mass is 346 g/mol. The zero-order chi connectivity index (χ0) is 18.1. The maximum Gasteiger partial charge on any atom is 0.226 e. The average molecular weight is 346 g/mol. The van der Waals surface area contributed by atoms with Crippen molar-refractivity contribution in [1.29, 1.82) is 0 Å². The second kappa shape index (κ2) is 6.75. The van der Waals surface area contributed by atoms with Gasteiger partial charge < -0.3 is 10.6 Å². The Labute approximate surface area is 152 Å². The Morgan fingerprint density at radius 1 is 1.08 bits per heavy atom. The number of nitrogens with two attached hydrogens (primary N) is 1. The predicted octanol–water partition coefficient (Wildman–Crippen LogP) is 3.31. The molecule has 2 heterocycles. The third kappa shape index (κ3) is 3.12. The summed E-state index contributed by atoms with van der Waals surface area (Å²) in [5.74, 6) is 0.482. The Morgan fingerprint density at radius 3 is 2.50 bits per heavy atom. The number of carbonyl (C=O) groups excluding carboxylic acids is 1. The average Bonchev–Trinajstić information content (AvgIpc) is 2.68. The van der Waals surface area contributed by atoms with E-state index in [9.17, 15) is 4.79 Å². The van der Waals surface area contributed by atoms with Gasteiger partial charge in [0.2, 0.25) is 11.9 Å². The van der Waals surface area contributed by atoms with E-state index in [0.29, 0.717) is 0 Å². The van der Waals surface area contributed by atoms with Gasteiger partial charge in [0, 0.05) is 30.0 Å². The maximum atomic E-state index is 11.4. The van der Waals surface area contributed by atoms with E-state index in [2.05, 4.69) is 42.2 Å². The van der Waals surface area contributed by atoms with Crippen LogP contribution < -0.4 is 10.6 Å². The third-order valence-electron chi connectivity index (χ3n) is 5.07. The highest BCUT2D eigenvalue weighted by atomic mass is 16.1. The van der Waals surface area contributed by atoms with Gasteiger partial charge in [-0.2, -0.15) is 0 Å². The van der Waals surface area contributed by atoms with Crippen LogP contribution in [-0.2, 0) is 4.79 Å². The van der Waals surface area contributed by atoms with Gasteiger partial charge in [0.05, 0.1) is 11.2 Å². The number of hydrogen-bond donors (Lipinski definition) is 1. The van der Waals surface area contributed by atoms with E-state index in [1.807, 2.05) is 18.2 Å². The summed E-state index contributed by atoms with van der Waals surface area (Å²) in [5, 5.41) is 1.06. The van der Waals surface area contributed by atoms with Gasteiger partial charge in [-0.1, -0.05) is 42.0 Å². The van der Waals surface area contributed by atoms with Crippen LogP contribution in [0.4, 0.5) is 5.95 Å². The maximum absolute atomic E-state index is 11.4. The molecule has 0 unspecified atom stereocenters. The van der Waals surface area contributed by atoms with Crippen LogP contribution in [0, 0.1) is 12.8 Å². The van der Waals surface area contributed by atoms with Crippen molar-refractivity contribution in [1.82, 2.24) is 9.97 Å². The molecule has 0 atom stereocenters. The smallest absolute Gasteiger partial charge is 0.226 e. The lowest BCUT2D eigenvalue weighted by Crippen LogP contribution is -2.39. The van der Waals surface area contributed by atoms with Crippen molar-refractivity contribution in [2.75, 3.05) is 18.0 Å². The second-order valence-electron chi connectivity index (χ2n) is 6.92. The van der Waals surface area contributed by atoms with Gasteiger partial charge in [0.1, 0.15) is 0 Å². The molecule has 0 saturated carbocycles. The lowest BCUT2D eigenvalue weighted by molar-refractivity contribution is -0.122. The Kier molecular flexibility index (Phi) is 4.29. The van der Waals surface area contributed by atoms with E-state index < -0.39 is 0 Å². The minimum absolute atomic E-state index is 0.0389. The normalized spacial score (nSPS) is 15.3. The minimum Gasteiger partial charge on any atom is -0.369 e. The molecular weight excluding hydrogens is 324 g/mol. The largest absolute Gasteiger partial charge is 0.369 e. The molecule has 2 aromatic carbocycles. The molecule has 4 rings (SSSR count). The van der Waals surface area contributed by atoms with Crippen LogP contribution in [0.15, 0.2) is 48.5 Å². The Hall–Kier alpha value is -2.95. The topological polar surface area (TPSA) is 72.1 Å². The summed E-state index contributed by atoms with van der Waals surface area (Å²) in [4.78, 5) is 23.3. The van der Waals surface area contributed by atoms with Gasteiger partial charge >= 0.3 is 0 Å². The van der Waals surface area contributed by atoms with E-state index in [4.69, 9.17) is 15.7 Å². The number of fused-ring (bicyclic) bond motifs is 1. The molecule has 5 nitrogen and oxygen atoms in total. The Bertz CT molecular complexity index is 947. The molecule has 5 heteroatoms. The SMILES string of the molecule is Cc1ccc2nc(N3CCC(C(N)=O)CC3)nc(-c3ccccc3)c2c1. The summed E-state index contributed by atoms with van der Waals surface area (Å²) < 4.78 is 0. The summed E-state index contributed by atoms with van der Waals surface area (Å²) in [6, 6.07) is 16.5. The van der Waals surface area contributed by atoms with Gasteiger partial charge in [-0.05, 0) is 31.9 Å². The van der Waals surface area contributed by atoms with Crippen molar-refractivity contribution in [2.45, 2.75) is 19.8 Å². The molecule has 2 N–H and O–H groups in total. The molecule has 26 heavy (non-hydrogen) atoms. The molecule has 1 amide bonds. The molecule has 1 saturated heterocycles. The molecule has 3 aromatic rings. The van der Waals surface area contributed by atoms with Crippen molar-refractivity contribution in [3.05, 3.63) is 54.1 Å². The molecule has 1 fully saturated rings. The number of aryl methyl sites for hydroxylation is 1. The molecule has 0 radical (unpaired) electrons. The number of aromatic nitrogens is 2. The lowest BCUT2D eigenvalue weighted by Gasteiger charge is -2.31. The molecule has 132 valence electrons. The van der Waals surface area contributed by atoms with Crippen molar-refractivity contribution in [3.8, 4) is 11.3 Å². The number of hydrogen-bond acceptors (Lipinski definition) is 4. The quantitative estimate of drug-likeness (QED) is 0.790. The van der Waals surface area contributed by atoms with E-state index in [0.717, 1.165) is 54.0 Å². The first kappa shape index (κ1) is 16.5. The van der Waals surface area contributed by atoms with Gasteiger partial charge in [-0.15, -0.1) is 0 Å². The van der Waals surface area contributed by atoms with E-state index >= 15 is 0 Å². The molecule has 1 aromatic heterocycles. The number of amides is 1. The van der Waals surface area contributed by atoms with Crippen LogP contribution in [0.2, 0.25) is 0 Å². The Balaban J connectivity index is 1.77. The van der Waals surface area contributed by atoms with Crippen molar-refractivity contribution in [3.63, 3.8) is 0 Å². The van der Waals surface area contributed by atoms with Crippen molar-refractivity contribution in [2.24, 2.45) is 11.7 Å².